The van der Waals surface area contributed by atoms with Gasteiger partial charge in [0, 0.05) is 17.1 Å². The highest BCUT2D eigenvalue weighted by molar-refractivity contribution is 5.82. The second-order valence-corrected chi connectivity index (χ2v) is 4.32. The molecule has 3 rings (SSSR count). The van der Waals surface area contributed by atoms with Crippen LogP contribution in [0.5, 0.6) is 5.75 Å². The van der Waals surface area contributed by atoms with Gasteiger partial charge in [0.05, 0.1) is 6.26 Å². The highest BCUT2D eigenvalue weighted by Gasteiger charge is 2.21. The molecular formula is C16H14O. The molecule has 0 aromatic heterocycles. The Hall–Kier alpha value is -2.02. The minimum Gasteiger partial charge on any atom is -0.464 e. The van der Waals surface area contributed by atoms with Crippen LogP contribution in [0.1, 0.15) is 12.0 Å². The molecule has 1 aliphatic carbocycles. The Labute approximate surface area is 101 Å². The van der Waals surface area contributed by atoms with Gasteiger partial charge in [0.1, 0.15) is 5.75 Å². The van der Waals surface area contributed by atoms with Crippen LogP contribution in [0.25, 0.3) is 5.57 Å². The highest BCUT2D eigenvalue weighted by atomic mass is 16.5. The standard InChI is InChI=1S/C16H14O/c1-12-14-9-5-6-10-16(14)17-11-15(12)13-7-3-2-4-8-13/h2-7,9-11,13H,1,8H2. The third kappa shape index (κ3) is 1.74. The third-order valence-electron chi connectivity index (χ3n) is 3.25. The Morgan fingerprint density at radius 3 is 2.88 bits per heavy atom. The maximum Gasteiger partial charge on any atom is 0.134 e. The van der Waals surface area contributed by atoms with Crippen LogP contribution in [0.3, 0.4) is 0 Å². The van der Waals surface area contributed by atoms with Gasteiger partial charge in [-0.1, -0.05) is 49.1 Å². The molecule has 1 heteroatoms. The van der Waals surface area contributed by atoms with Crippen LogP contribution in [0.15, 0.2) is 67.0 Å². The van der Waals surface area contributed by atoms with Gasteiger partial charge >= 0.3 is 0 Å². The largest absolute Gasteiger partial charge is 0.464 e. The molecule has 0 fully saturated rings. The van der Waals surface area contributed by atoms with Gasteiger partial charge in [-0.05, 0) is 18.1 Å². The quantitative estimate of drug-likeness (QED) is 0.694. The topological polar surface area (TPSA) is 9.23 Å². The maximum atomic E-state index is 5.68. The average Bonchev–Trinajstić information content (AvgIpc) is 2.40. The van der Waals surface area contributed by atoms with Crippen molar-refractivity contribution in [2.75, 3.05) is 0 Å². The van der Waals surface area contributed by atoms with E-state index < -0.39 is 0 Å². The first-order valence-electron chi connectivity index (χ1n) is 5.85. The van der Waals surface area contributed by atoms with Crippen LogP contribution in [0.4, 0.5) is 0 Å². The van der Waals surface area contributed by atoms with E-state index >= 15 is 0 Å². The molecule has 0 amide bonds. The molecule has 84 valence electrons. The molecule has 1 aromatic rings. The lowest BCUT2D eigenvalue weighted by Crippen LogP contribution is -2.09. The molecular weight excluding hydrogens is 208 g/mol. The molecule has 17 heavy (non-hydrogen) atoms. The summed E-state index contributed by atoms with van der Waals surface area (Å²) in [4.78, 5) is 0. The van der Waals surface area contributed by atoms with Crippen LogP contribution < -0.4 is 4.74 Å². The first-order valence-corrected chi connectivity index (χ1v) is 5.85. The molecule has 1 aliphatic heterocycles. The van der Waals surface area contributed by atoms with Gasteiger partial charge in [0.15, 0.2) is 0 Å². The van der Waals surface area contributed by atoms with Crippen LogP contribution in [0, 0.1) is 5.92 Å². The molecule has 1 heterocycles. The number of ether oxygens (including phenoxy) is 1. The molecule has 1 unspecified atom stereocenters. The van der Waals surface area contributed by atoms with Crippen molar-refractivity contribution < 1.29 is 4.74 Å². The summed E-state index contributed by atoms with van der Waals surface area (Å²) in [7, 11) is 0. The van der Waals surface area contributed by atoms with E-state index in [9.17, 15) is 0 Å². The summed E-state index contributed by atoms with van der Waals surface area (Å²) >= 11 is 0. The summed E-state index contributed by atoms with van der Waals surface area (Å²) < 4.78 is 5.68. The second kappa shape index (κ2) is 4.10. The van der Waals surface area contributed by atoms with Crippen molar-refractivity contribution in [3.05, 3.63) is 72.5 Å². The summed E-state index contributed by atoms with van der Waals surface area (Å²) in [6.45, 7) is 4.21. The summed E-state index contributed by atoms with van der Waals surface area (Å²) in [6, 6.07) is 8.04. The van der Waals surface area contributed by atoms with Crippen molar-refractivity contribution in [3.63, 3.8) is 0 Å². The predicted molar refractivity (Wildman–Crippen MR) is 70.6 cm³/mol. The van der Waals surface area contributed by atoms with Crippen molar-refractivity contribution in [2.45, 2.75) is 6.42 Å². The summed E-state index contributed by atoms with van der Waals surface area (Å²) in [6.07, 6.45) is 11.4. The molecule has 0 N–H and O–H groups in total. The normalized spacial score (nSPS) is 21.8. The fourth-order valence-electron chi connectivity index (χ4n) is 2.29. The molecule has 0 saturated heterocycles. The zero-order valence-corrected chi connectivity index (χ0v) is 9.60. The zero-order valence-electron chi connectivity index (χ0n) is 9.60. The van der Waals surface area contributed by atoms with Crippen molar-refractivity contribution in [2.24, 2.45) is 5.92 Å². The molecule has 1 aromatic carbocycles. The molecule has 0 bridgehead atoms. The molecule has 0 saturated carbocycles. The van der Waals surface area contributed by atoms with E-state index in [2.05, 4.69) is 36.9 Å². The lowest BCUT2D eigenvalue weighted by atomic mass is 9.85. The van der Waals surface area contributed by atoms with E-state index in [0.29, 0.717) is 5.92 Å². The summed E-state index contributed by atoms with van der Waals surface area (Å²) in [5.41, 5.74) is 3.37. The Kier molecular flexibility index (Phi) is 2.45. The third-order valence-corrected chi connectivity index (χ3v) is 3.25. The average molecular weight is 222 g/mol. The second-order valence-electron chi connectivity index (χ2n) is 4.32. The van der Waals surface area contributed by atoms with E-state index in [1.165, 1.54) is 5.57 Å². The predicted octanol–water partition coefficient (Wildman–Crippen LogP) is 4.11. The first-order chi connectivity index (χ1) is 8.36. The van der Waals surface area contributed by atoms with Crippen molar-refractivity contribution in [1.29, 1.82) is 0 Å². The van der Waals surface area contributed by atoms with Crippen molar-refractivity contribution >= 4 is 5.57 Å². The Bertz CT molecular complexity index is 546. The van der Waals surface area contributed by atoms with Gasteiger partial charge in [-0.3, -0.25) is 0 Å². The van der Waals surface area contributed by atoms with E-state index in [-0.39, 0.29) is 0 Å². The number of rotatable bonds is 1. The Morgan fingerprint density at radius 1 is 1.18 bits per heavy atom. The van der Waals surface area contributed by atoms with Crippen LogP contribution in [0.2, 0.25) is 0 Å². The molecule has 1 atom stereocenters. The van der Waals surface area contributed by atoms with Crippen LogP contribution >= 0.6 is 0 Å². The lowest BCUT2D eigenvalue weighted by Gasteiger charge is -2.24. The molecule has 2 aliphatic rings. The Morgan fingerprint density at radius 2 is 2.06 bits per heavy atom. The van der Waals surface area contributed by atoms with Gasteiger partial charge in [0.2, 0.25) is 0 Å². The number of allylic oxidation sites excluding steroid dienone is 6. The number of para-hydroxylation sites is 1. The first kappa shape index (κ1) is 10.2. The van der Waals surface area contributed by atoms with Gasteiger partial charge < -0.3 is 4.74 Å². The van der Waals surface area contributed by atoms with E-state index in [1.807, 2.05) is 24.5 Å². The van der Waals surface area contributed by atoms with E-state index in [4.69, 9.17) is 4.74 Å². The van der Waals surface area contributed by atoms with E-state index in [0.717, 1.165) is 23.3 Å². The molecule has 0 radical (unpaired) electrons. The van der Waals surface area contributed by atoms with Gasteiger partial charge in [0.25, 0.3) is 0 Å². The molecule has 1 nitrogen and oxygen atoms in total. The van der Waals surface area contributed by atoms with Gasteiger partial charge in [-0.25, -0.2) is 0 Å². The van der Waals surface area contributed by atoms with E-state index in [1.54, 1.807) is 0 Å². The van der Waals surface area contributed by atoms with Gasteiger partial charge in [-0.2, -0.15) is 0 Å². The fraction of sp³-hybridized carbons (Fsp3) is 0.125. The fourth-order valence-corrected chi connectivity index (χ4v) is 2.29. The number of fused-ring (bicyclic) bond motifs is 1. The Balaban J connectivity index is 1.95. The summed E-state index contributed by atoms with van der Waals surface area (Å²) in [5, 5.41) is 0. The number of hydrogen-bond acceptors (Lipinski definition) is 1. The lowest BCUT2D eigenvalue weighted by molar-refractivity contribution is 0.463. The minimum atomic E-state index is 0.390. The van der Waals surface area contributed by atoms with Gasteiger partial charge in [-0.15, -0.1) is 0 Å². The maximum absolute atomic E-state index is 5.68. The van der Waals surface area contributed by atoms with Crippen molar-refractivity contribution in [3.8, 4) is 5.75 Å². The SMILES string of the molecule is C=C1C(C2C=CC=CC2)=COc2ccccc21. The zero-order chi connectivity index (χ0) is 11.7. The number of hydrogen-bond donors (Lipinski definition) is 0. The van der Waals surface area contributed by atoms with Crippen molar-refractivity contribution in [1.82, 2.24) is 0 Å². The van der Waals surface area contributed by atoms with Crippen LogP contribution in [-0.2, 0) is 0 Å². The molecule has 0 spiro atoms. The summed E-state index contributed by atoms with van der Waals surface area (Å²) in [5.74, 6) is 1.29. The highest BCUT2D eigenvalue weighted by Crippen LogP contribution is 2.39. The number of benzene rings is 1. The van der Waals surface area contributed by atoms with Crippen LogP contribution in [-0.4, -0.2) is 0 Å². The smallest absolute Gasteiger partial charge is 0.134 e. The monoisotopic (exact) mass is 222 g/mol. The minimum absolute atomic E-state index is 0.390.